The van der Waals surface area contributed by atoms with Crippen LogP contribution in [-0.4, -0.2) is 18.2 Å². The molecule has 0 aliphatic heterocycles. The van der Waals surface area contributed by atoms with E-state index < -0.39 is 0 Å². The molecule has 92 valence electrons. The molecule has 1 rings (SSSR count). The molecule has 3 nitrogen and oxygen atoms in total. The Hall–Kier alpha value is -1.64. The largest absolute Gasteiger partial charge is 0.349 e. The maximum absolute atomic E-state index is 11.9. The zero-order chi connectivity index (χ0) is 12.8. The second-order valence-electron chi connectivity index (χ2n) is 4.27. The van der Waals surface area contributed by atoms with Gasteiger partial charge < -0.3 is 5.32 Å². The van der Waals surface area contributed by atoms with Gasteiger partial charge in [-0.3, -0.25) is 9.59 Å². The van der Waals surface area contributed by atoms with E-state index in [1.54, 1.807) is 0 Å². The number of carbonyl (C=O) groups excluding carboxylic acids is 2. The minimum Gasteiger partial charge on any atom is -0.349 e. The van der Waals surface area contributed by atoms with Crippen LogP contribution in [0.4, 0.5) is 0 Å². The van der Waals surface area contributed by atoms with Crippen molar-refractivity contribution in [1.29, 1.82) is 0 Å². The van der Waals surface area contributed by atoms with Gasteiger partial charge in [-0.15, -0.1) is 0 Å². The van der Waals surface area contributed by atoms with E-state index in [0.717, 1.165) is 17.5 Å². The van der Waals surface area contributed by atoms with Gasteiger partial charge in [-0.2, -0.15) is 0 Å². The highest BCUT2D eigenvalue weighted by Crippen LogP contribution is 2.10. The van der Waals surface area contributed by atoms with Crippen LogP contribution in [0.15, 0.2) is 18.2 Å². The molecule has 17 heavy (non-hydrogen) atoms. The third kappa shape index (κ3) is 4.02. The molecule has 0 unspecified atom stereocenters. The van der Waals surface area contributed by atoms with Gasteiger partial charge in [0, 0.05) is 12.0 Å². The molecule has 0 spiro atoms. The van der Waals surface area contributed by atoms with Crippen molar-refractivity contribution in [2.45, 2.75) is 33.6 Å². The number of ketones is 1. The molecule has 0 bridgehead atoms. The summed E-state index contributed by atoms with van der Waals surface area (Å²) in [6.07, 6.45) is 1.27. The topological polar surface area (TPSA) is 46.2 Å². The molecule has 1 aromatic carbocycles. The van der Waals surface area contributed by atoms with E-state index in [0.29, 0.717) is 12.0 Å². The minimum atomic E-state index is -0.0637. The Morgan fingerprint density at radius 2 is 1.94 bits per heavy atom. The lowest BCUT2D eigenvalue weighted by atomic mass is 10.0. The first-order valence-electron chi connectivity index (χ1n) is 5.91. The van der Waals surface area contributed by atoms with Crippen LogP contribution in [0.1, 0.15) is 41.3 Å². The molecule has 0 saturated carbocycles. The van der Waals surface area contributed by atoms with Gasteiger partial charge in [0.05, 0.1) is 6.54 Å². The van der Waals surface area contributed by atoms with Crippen molar-refractivity contribution in [3.8, 4) is 0 Å². The van der Waals surface area contributed by atoms with Gasteiger partial charge in [0.1, 0.15) is 0 Å². The van der Waals surface area contributed by atoms with E-state index in [9.17, 15) is 9.59 Å². The molecule has 0 aliphatic rings. The molecule has 1 N–H and O–H groups in total. The molecule has 1 amide bonds. The summed E-state index contributed by atoms with van der Waals surface area (Å²) in [6.45, 7) is 5.88. The number of Topliss-reactive ketones (excluding diaryl/α,β-unsaturated/α-hetero) is 1. The molecular formula is C14H19NO2. The third-order valence-electron chi connectivity index (χ3n) is 2.62. The van der Waals surface area contributed by atoms with Crippen LogP contribution in [-0.2, 0) is 4.79 Å². The fourth-order valence-corrected chi connectivity index (χ4v) is 1.63. The Balaban J connectivity index is 2.64. The summed E-state index contributed by atoms with van der Waals surface area (Å²) in [4.78, 5) is 23.2. The van der Waals surface area contributed by atoms with E-state index in [4.69, 9.17) is 0 Å². The smallest absolute Gasteiger partial charge is 0.220 e. The van der Waals surface area contributed by atoms with Gasteiger partial charge in [-0.25, -0.2) is 0 Å². The van der Waals surface area contributed by atoms with Gasteiger partial charge in [0.2, 0.25) is 5.91 Å². The highest BCUT2D eigenvalue weighted by Gasteiger charge is 2.10. The molecule has 0 radical (unpaired) electrons. The Labute approximate surface area is 102 Å². The van der Waals surface area contributed by atoms with Crippen molar-refractivity contribution in [2.75, 3.05) is 6.54 Å². The van der Waals surface area contributed by atoms with E-state index in [1.807, 2.05) is 39.0 Å². The van der Waals surface area contributed by atoms with Gasteiger partial charge >= 0.3 is 0 Å². The lowest BCUT2D eigenvalue weighted by molar-refractivity contribution is -0.120. The maximum atomic E-state index is 11.9. The standard InChI is InChI=1S/C14H19NO2/c1-4-5-14(17)15-9-13(16)12-8-10(2)6-7-11(12)3/h6-8H,4-5,9H2,1-3H3,(H,15,17). The van der Waals surface area contributed by atoms with Crippen molar-refractivity contribution in [2.24, 2.45) is 0 Å². The molecule has 0 heterocycles. The van der Waals surface area contributed by atoms with Crippen LogP contribution in [0.25, 0.3) is 0 Å². The van der Waals surface area contributed by atoms with Crippen molar-refractivity contribution in [1.82, 2.24) is 5.32 Å². The summed E-state index contributed by atoms with van der Waals surface area (Å²) in [6, 6.07) is 5.77. The molecule has 0 saturated heterocycles. The lowest BCUT2D eigenvalue weighted by Crippen LogP contribution is -2.29. The van der Waals surface area contributed by atoms with Crippen molar-refractivity contribution in [3.63, 3.8) is 0 Å². The highest BCUT2D eigenvalue weighted by atomic mass is 16.2. The highest BCUT2D eigenvalue weighted by molar-refractivity contribution is 6.00. The number of hydrogen-bond donors (Lipinski definition) is 1. The molecular weight excluding hydrogens is 214 g/mol. The quantitative estimate of drug-likeness (QED) is 0.794. The summed E-state index contributed by atoms with van der Waals surface area (Å²) in [5, 5.41) is 2.64. The summed E-state index contributed by atoms with van der Waals surface area (Å²) in [5.41, 5.74) is 2.70. The fourth-order valence-electron chi connectivity index (χ4n) is 1.63. The van der Waals surface area contributed by atoms with Crippen LogP contribution >= 0.6 is 0 Å². The van der Waals surface area contributed by atoms with E-state index in [1.165, 1.54) is 0 Å². The van der Waals surface area contributed by atoms with Crippen molar-refractivity contribution in [3.05, 3.63) is 34.9 Å². The molecule has 1 aromatic rings. The number of rotatable bonds is 5. The first-order valence-corrected chi connectivity index (χ1v) is 5.91. The summed E-state index contributed by atoms with van der Waals surface area (Å²) in [5.74, 6) is -0.0955. The van der Waals surface area contributed by atoms with Crippen LogP contribution in [0.5, 0.6) is 0 Å². The number of nitrogens with one attached hydrogen (secondary N) is 1. The third-order valence-corrected chi connectivity index (χ3v) is 2.62. The second-order valence-corrected chi connectivity index (χ2v) is 4.27. The van der Waals surface area contributed by atoms with Gasteiger partial charge in [-0.05, 0) is 31.9 Å². The lowest BCUT2D eigenvalue weighted by Gasteiger charge is -2.07. The summed E-state index contributed by atoms with van der Waals surface area (Å²) < 4.78 is 0. The van der Waals surface area contributed by atoms with E-state index >= 15 is 0 Å². The predicted molar refractivity (Wildman–Crippen MR) is 68.2 cm³/mol. The van der Waals surface area contributed by atoms with Crippen LogP contribution < -0.4 is 5.32 Å². The van der Waals surface area contributed by atoms with Crippen LogP contribution in [0, 0.1) is 13.8 Å². The molecule has 0 aliphatic carbocycles. The Kier molecular flexibility index (Phi) is 4.88. The van der Waals surface area contributed by atoms with Crippen molar-refractivity contribution >= 4 is 11.7 Å². The van der Waals surface area contributed by atoms with Crippen LogP contribution in [0.3, 0.4) is 0 Å². The second kappa shape index (κ2) is 6.18. The SMILES string of the molecule is CCCC(=O)NCC(=O)c1cc(C)ccc1C. The zero-order valence-corrected chi connectivity index (χ0v) is 10.7. The Morgan fingerprint density at radius 3 is 2.59 bits per heavy atom. The number of benzene rings is 1. The van der Waals surface area contributed by atoms with Gasteiger partial charge in [0.25, 0.3) is 0 Å². The van der Waals surface area contributed by atoms with E-state index in [-0.39, 0.29) is 18.2 Å². The van der Waals surface area contributed by atoms with Gasteiger partial charge in [-0.1, -0.05) is 24.6 Å². The Bertz CT molecular complexity index is 424. The molecule has 0 atom stereocenters. The molecule has 0 fully saturated rings. The Morgan fingerprint density at radius 1 is 1.24 bits per heavy atom. The monoisotopic (exact) mass is 233 g/mol. The number of carbonyl (C=O) groups is 2. The average molecular weight is 233 g/mol. The maximum Gasteiger partial charge on any atom is 0.220 e. The number of hydrogen-bond acceptors (Lipinski definition) is 2. The number of aryl methyl sites for hydroxylation is 2. The first kappa shape index (κ1) is 13.4. The van der Waals surface area contributed by atoms with E-state index in [2.05, 4.69) is 5.32 Å². The minimum absolute atomic E-state index is 0.0318. The summed E-state index contributed by atoms with van der Waals surface area (Å²) in [7, 11) is 0. The molecule has 3 heteroatoms. The summed E-state index contributed by atoms with van der Waals surface area (Å²) >= 11 is 0. The normalized spacial score (nSPS) is 10.1. The molecule has 0 aromatic heterocycles. The zero-order valence-electron chi connectivity index (χ0n) is 10.7. The van der Waals surface area contributed by atoms with Crippen LogP contribution in [0.2, 0.25) is 0 Å². The van der Waals surface area contributed by atoms with Crippen molar-refractivity contribution < 1.29 is 9.59 Å². The van der Waals surface area contributed by atoms with Gasteiger partial charge in [0.15, 0.2) is 5.78 Å². The average Bonchev–Trinajstić information content (AvgIpc) is 2.29. The predicted octanol–water partition coefficient (Wildman–Crippen LogP) is 2.40. The first-order chi connectivity index (χ1) is 8.04. The fraction of sp³-hybridized carbons (Fsp3) is 0.429. The number of amides is 1.